The molecule has 16 heavy (non-hydrogen) atoms. The van der Waals surface area contributed by atoms with Gasteiger partial charge in [0, 0.05) is 18.6 Å². The minimum Gasteiger partial charge on any atom is -0.393 e. The number of likely N-dealkylation sites (tertiary alicyclic amines) is 1. The Balaban J connectivity index is 2.43. The van der Waals surface area contributed by atoms with Crippen LogP contribution in [0, 0.1) is 0 Å². The lowest BCUT2D eigenvalue weighted by Gasteiger charge is -2.39. The first-order chi connectivity index (χ1) is 7.65. The number of nitrogens with zero attached hydrogens (tertiary/aromatic N) is 1. The molecule has 0 bridgehead atoms. The molecule has 1 heterocycles. The number of piperidine rings is 1. The summed E-state index contributed by atoms with van der Waals surface area (Å²) in [7, 11) is 0. The molecule has 1 aliphatic rings. The van der Waals surface area contributed by atoms with Crippen LogP contribution in [0.2, 0.25) is 0 Å². The maximum Gasteiger partial charge on any atom is 0.0524 e. The number of aliphatic hydroxyl groups excluding tert-OH is 1. The maximum atomic E-state index is 9.37. The van der Waals surface area contributed by atoms with Crippen molar-refractivity contribution in [1.29, 1.82) is 0 Å². The number of hydrogen-bond acceptors (Lipinski definition) is 3. The summed E-state index contributed by atoms with van der Waals surface area (Å²) in [5, 5.41) is 12.9. The molecule has 0 aliphatic carbocycles. The van der Waals surface area contributed by atoms with E-state index in [0.717, 1.165) is 19.5 Å². The molecule has 3 atom stereocenters. The summed E-state index contributed by atoms with van der Waals surface area (Å²) in [6.07, 6.45) is 4.70. The van der Waals surface area contributed by atoms with E-state index in [1.54, 1.807) is 0 Å². The van der Waals surface area contributed by atoms with Crippen LogP contribution in [0.1, 0.15) is 46.5 Å². The zero-order valence-corrected chi connectivity index (χ0v) is 11.1. The number of hydrogen-bond donors (Lipinski definition) is 2. The van der Waals surface area contributed by atoms with Gasteiger partial charge in [0.05, 0.1) is 6.10 Å². The summed E-state index contributed by atoms with van der Waals surface area (Å²) in [6.45, 7) is 9.62. The van der Waals surface area contributed by atoms with Crippen LogP contribution in [0.25, 0.3) is 0 Å². The average Bonchev–Trinajstić information content (AvgIpc) is 2.27. The number of likely N-dealkylation sites (N-methyl/N-ethyl adjacent to an activating group) is 1. The Morgan fingerprint density at radius 2 is 2.12 bits per heavy atom. The van der Waals surface area contributed by atoms with Crippen LogP contribution in [-0.4, -0.2) is 47.8 Å². The van der Waals surface area contributed by atoms with Crippen molar-refractivity contribution in [1.82, 2.24) is 10.2 Å². The fraction of sp³-hybridized carbons (Fsp3) is 1.00. The highest BCUT2D eigenvalue weighted by atomic mass is 16.3. The monoisotopic (exact) mass is 228 g/mol. The third-order valence-corrected chi connectivity index (χ3v) is 3.60. The molecular formula is C13H28N2O. The molecule has 3 heteroatoms. The quantitative estimate of drug-likeness (QED) is 0.725. The molecule has 0 amide bonds. The molecule has 0 aromatic rings. The highest BCUT2D eigenvalue weighted by Gasteiger charge is 2.26. The van der Waals surface area contributed by atoms with Gasteiger partial charge in [0.1, 0.15) is 0 Å². The molecule has 0 spiro atoms. The smallest absolute Gasteiger partial charge is 0.0524 e. The Bertz CT molecular complexity index is 185. The molecule has 3 nitrogen and oxygen atoms in total. The van der Waals surface area contributed by atoms with Gasteiger partial charge in [-0.25, -0.2) is 0 Å². The summed E-state index contributed by atoms with van der Waals surface area (Å²) in [5.41, 5.74) is 0. The summed E-state index contributed by atoms with van der Waals surface area (Å²) >= 11 is 0. The summed E-state index contributed by atoms with van der Waals surface area (Å²) in [6, 6.07) is 1.23. The summed E-state index contributed by atoms with van der Waals surface area (Å²) in [4.78, 5) is 2.56. The normalized spacial score (nSPS) is 26.6. The molecule has 0 saturated carbocycles. The van der Waals surface area contributed by atoms with Gasteiger partial charge in [-0.05, 0) is 46.2 Å². The molecule has 0 aromatic heterocycles. The lowest BCUT2D eigenvalue weighted by Crippen LogP contribution is -2.51. The van der Waals surface area contributed by atoms with Gasteiger partial charge in [-0.15, -0.1) is 0 Å². The second kappa shape index (κ2) is 7.25. The van der Waals surface area contributed by atoms with Gasteiger partial charge in [0.25, 0.3) is 0 Å². The van der Waals surface area contributed by atoms with Crippen molar-refractivity contribution in [3.8, 4) is 0 Å². The van der Waals surface area contributed by atoms with Crippen molar-refractivity contribution in [3.05, 3.63) is 0 Å². The summed E-state index contributed by atoms with van der Waals surface area (Å²) < 4.78 is 0. The molecule has 2 N–H and O–H groups in total. The lowest BCUT2D eigenvalue weighted by atomic mass is 9.96. The van der Waals surface area contributed by atoms with Crippen molar-refractivity contribution >= 4 is 0 Å². The largest absolute Gasteiger partial charge is 0.393 e. The van der Waals surface area contributed by atoms with E-state index >= 15 is 0 Å². The molecular weight excluding hydrogens is 200 g/mol. The maximum absolute atomic E-state index is 9.37. The Morgan fingerprint density at radius 1 is 1.38 bits per heavy atom. The number of rotatable bonds is 6. The van der Waals surface area contributed by atoms with Crippen LogP contribution >= 0.6 is 0 Å². The summed E-state index contributed by atoms with van der Waals surface area (Å²) in [5.74, 6) is 0. The lowest BCUT2D eigenvalue weighted by molar-refractivity contribution is 0.0931. The first-order valence-electron chi connectivity index (χ1n) is 6.80. The van der Waals surface area contributed by atoms with Gasteiger partial charge in [-0.3, -0.25) is 4.90 Å². The standard InChI is InChI=1S/C13H28N2O/c1-4-14-12(3)13-7-5-6-9-15(13)10-8-11(2)16/h11-14,16H,4-10H2,1-3H3. The highest BCUT2D eigenvalue weighted by molar-refractivity contribution is 4.84. The first-order valence-corrected chi connectivity index (χ1v) is 6.80. The Morgan fingerprint density at radius 3 is 2.75 bits per heavy atom. The van der Waals surface area contributed by atoms with E-state index in [9.17, 15) is 5.11 Å². The topological polar surface area (TPSA) is 35.5 Å². The Hall–Kier alpha value is -0.120. The Kier molecular flexibility index (Phi) is 6.32. The fourth-order valence-corrected chi connectivity index (χ4v) is 2.67. The van der Waals surface area contributed by atoms with E-state index < -0.39 is 0 Å². The van der Waals surface area contributed by atoms with Gasteiger partial charge in [-0.2, -0.15) is 0 Å². The van der Waals surface area contributed by atoms with E-state index in [-0.39, 0.29) is 6.10 Å². The van der Waals surface area contributed by atoms with Gasteiger partial charge in [0.2, 0.25) is 0 Å². The van der Waals surface area contributed by atoms with Crippen molar-refractivity contribution in [2.45, 2.75) is 64.6 Å². The fourth-order valence-electron chi connectivity index (χ4n) is 2.67. The third-order valence-electron chi connectivity index (χ3n) is 3.60. The van der Waals surface area contributed by atoms with E-state index in [1.165, 1.54) is 25.8 Å². The van der Waals surface area contributed by atoms with Crippen LogP contribution in [0.5, 0.6) is 0 Å². The van der Waals surface area contributed by atoms with E-state index in [1.807, 2.05) is 6.92 Å². The predicted octanol–water partition coefficient (Wildman–Crippen LogP) is 1.61. The van der Waals surface area contributed by atoms with E-state index in [0.29, 0.717) is 12.1 Å². The van der Waals surface area contributed by atoms with Crippen molar-refractivity contribution in [2.24, 2.45) is 0 Å². The molecule has 1 rings (SSSR count). The van der Waals surface area contributed by atoms with Crippen LogP contribution in [0.3, 0.4) is 0 Å². The third kappa shape index (κ3) is 4.40. The minimum absolute atomic E-state index is 0.169. The van der Waals surface area contributed by atoms with Crippen LogP contribution in [-0.2, 0) is 0 Å². The Labute approximate surface area is 100 Å². The van der Waals surface area contributed by atoms with E-state index in [4.69, 9.17) is 0 Å². The van der Waals surface area contributed by atoms with Crippen molar-refractivity contribution in [2.75, 3.05) is 19.6 Å². The number of nitrogens with one attached hydrogen (secondary N) is 1. The van der Waals surface area contributed by atoms with E-state index in [2.05, 4.69) is 24.1 Å². The van der Waals surface area contributed by atoms with Crippen LogP contribution in [0.4, 0.5) is 0 Å². The molecule has 1 aliphatic heterocycles. The first kappa shape index (κ1) is 13.9. The SMILES string of the molecule is CCNC(C)C1CCCCN1CCC(C)O. The average molecular weight is 228 g/mol. The predicted molar refractivity (Wildman–Crippen MR) is 68.6 cm³/mol. The van der Waals surface area contributed by atoms with Crippen molar-refractivity contribution in [3.63, 3.8) is 0 Å². The number of aliphatic hydroxyl groups is 1. The minimum atomic E-state index is -0.169. The second-order valence-corrected chi connectivity index (χ2v) is 5.08. The molecule has 0 aromatic carbocycles. The van der Waals surface area contributed by atoms with Gasteiger partial charge in [0.15, 0.2) is 0 Å². The second-order valence-electron chi connectivity index (χ2n) is 5.08. The molecule has 3 unspecified atom stereocenters. The molecule has 0 radical (unpaired) electrons. The van der Waals surface area contributed by atoms with Crippen LogP contribution < -0.4 is 5.32 Å². The zero-order chi connectivity index (χ0) is 12.0. The van der Waals surface area contributed by atoms with Crippen LogP contribution in [0.15, 0.2) is 0 Å². The van der Waals surface area contributed by atoms with Gasteiger partial charge in [-0.1, -0.05) is 13.3 Å². The zero-order valence-electron chi connectivity index (χ0n) is 11.1. The molecule has 1 saturated heterocycles. The molecule has 1 fully saturated rings. The van der Waals surface area contributed by atoms with Crippen molar-refractivity contribution < 1.29 is 5.11 Å². The highest BCUT2D eigenvalue weighted by Crippen LogP contribution is 2.20. The van der Waals surface area contributed by atoms with Gasteiger partial charge >= 0.3 is 0 Å². The van der Waals surface area contributed by atoms with Gasteiger partial charge < -0.3 is 10.4 Å². The molecule has 96 valence electrons.